The second-order valence-electron chi connectivity index (χ2n) is 10.9. The molecule has 1 amide bonds. The number of nitrogens with one attached hydrogen (secondary N) is 2. The quantitative estimate of drug-likeness (QED) is 0.402. The fourth-order valence-corrected chi connectivity index (χ4v) is 5.91. The van der Waals surface area contributed by atoms with Crippen LogP contribution in [0.4, 0.5) is 5.82 Å². The molecule has 2 aliphatic rings. The number of carbonyl (C=O) groups is 1. The number of hydrogen-bond donors (Lipinski definition) is 2. The first-order valence-electron chi connectivity index (χ1n) is 13.7. The molecule has 2 aromatic heterocycles. The van der Waals surface area contributed by atoms with Crippen LogP contribution in [0.15, 0.2) is 12.3 Å². The Morgan fingerprint density at radius 1 is 1.06 bits per heavy atom. The number of anilines is 1. The van der Waals surface area contributed by atoms with Gasteiger partial charge in [0.25, 0.3) is 5.91 Å². The van der Waals surface area contributed by atoms with Gasteiger partial charge in [-0.2, -0.15) is 5.10 Å². The van der Waals surface area contributed by atoms with Crippen LogP contribution in [-0.2, 0) is 6.54 Å². The predicted molar refractivity (Wildman–Crippen MR) is 146 cm³/mol. The lowest BCUT2D eigenvalue weighted by molar-refractivity contribution is 0.0936. The Morgan fingerprint density at radius 2 is 1.67 bits per heavy atom. The molecule has 2 aromatic rings. The van der Waals surface area contributed by atoms with Crippen LogP contribution in [0, 0.1) is 23.7 Å². The van der Waals surface area contributed by atoms with E-state index in [0.717, 1.165) is 42.6 Å². The number of carbonyl (C=O) groups excluding carboxylic acids is 1. The van der Waals surface area contributed by atoms with E-state index in [1.54, 1.807) is 18.0 Å². The van der Waals surface area contributed by atoms with Gasteiger partial charge in [0.05, 0.1) is 23.4 Å². The van der Waals surface area contributed by atoms with Crippen molar-refractivity contribution in [2.75, 3.05) is 25.5 Å². The summed E-state index contributed by atoms with van der Waals surface area (Å²) >= 11 is 6.78. The van der Waals surface area contributed by atoms with Gasteiger partial charge in [0.1, 0.15) is 11.6 Å². The molecule has 4 rings (SSSR count). The van der Waals surface area contributed by atoms with Crippen LogP contribution in [0.5, 0.6) is 5.75 Å². The summed E-state index contributed by atoms with van der Waals surface area (Å²) in [4.78, 5) is 17.7. The molecule has 0 atom stereocenters. The highest BCUT2D eigenvalue weighted by atomic mass is 35.5. The van der Waals surface area contributed by atoms with Crippen LogP contribution in [0.3, 0.4) is 0 Å². The van der Waals surface area contributed by atoms with Crippen molar-refractivity contribution in [3.05, 3.63) is 23.0 Å². The maximum absolute atomic E-state index is 13.0. The Labute approximate surface area is 220 Å². The van der Waals surface area contributed by atoms with Gasteiger partial charge in [-0.3, -0.25) is 9.48 Å². The number of aromatic nitrogens is 3. The molecule has 198 valence electrons. The highest BCUT2D eigenvalue weighted by molar-refractivity contribution is 6.36. The Hall–Kier alpha value is -2.28. The third-order valence-electron chi connectivity index (χ3n) is 8.14. The van der Waals surface area contributed by atoms with E-state index >= 15 is 0 Å². The number of halogens is 1. The summed E-state index contributed by atoms with van der Waals surface area (Å²) in [6.45, 7) is 8.79. The molecule has 0 radical (unpaired) electrons. The Morgan fingerprint density at radius 3 is 2.25 bits per heavy atom. The molecule has 0 bridgehead atoms. The molecule has 2 N–H and O–H groups in total. The van der Waals surface area contributed by atoms with E-state index in [2.05, 4.69) is 34.6 Å². The first-order valence-corrected chi connectivity index (χ1v) is 14.1. The number of amides is 1. The van der Waals surface area contributed by atoms with Crippen LogP contribution in [0.1, 0.15) is 82.6 Å². The van der Waals surface area contributed by atoms with Gasteiger partial charge in [0.2, 0.25) is 0 Å². The van der Waals surface area contributed by atoms with E-state index < -0.39 is 0 Å². The molecular weight excluding hydrogens is 474 g/mol. The zero-order valence-electron chi connectivity index (χ0n) is 22.3. The fourth-order valence-electron chi connectivity index (χ4n) is 5.59. The summed E-state index contributed by atoms with van der Waals surface area (Å²) in [5, 5.41) is 11.5. The van der Waals surface area contributed by atoms with E-state index in [1.807, 2.05) is 13.0 Å². The molecule has 2 aliphatic carbocycles. The van der Waals surface area contributed by atoms with Crippen LogP contribution in [-0.4, -0.2) is 40.9 Å². The van der Waals surface area contributed by atoms with Crippen molar-refractivity contribution in [3.8, 4) is 17.0 Å². The first kappa shape index (κ1) is 26.8. The van der Waals surface area contributed by atoms with Gasteiger partial charge in [0.15, 0.2) is 5.69 Å². The lowest BCUT2D eigenvalue weighted by Crippen LogP contribution is -2.31. The summed E-state index contributed by atoms with van der Waals surface area (Å²) in [7, 11) is 1.64. The maximum atomic E-state index is 13.0. The standard InChI is InChI=1S/C28H42ClN5O2/c1-5-34-27(25(29)26(33-34)28(35)32-16-21-12-8-19(3)9-13-21)22-17-31-24(14-23(22)36-4)30-15-20-10-6-18(2)7-11-20/h14,17-21H,5-13,15-16H2,1-4H3,(H,30,31)(H,32,35). The largest absolute Gasteiger partial charge is 0.496 e. The third-order valence-corrected chi connectivity index (χ3v) is 8.50. The van der Waals surface area contributed by atoms with Crippen molar-refractivity contribution in [2.45, 2.75) is 78.7 Å². The molecule has 0 aromatic carbocycles. The summed E-state index contributed by atoms with van der Waals surface area (Å²) in [5.41, 5.74) is 1.65. The molecule has 2 saturated carbocycles. The number of pyridine rings is 1. The van der Waals surface area contributed by atoms with E-state index in [4.69, 9.17) is 16.3 Å². The molecular formula is C28H42ClN5O2. The highest BCUT2D eigenvalue weighted by Crippen LogP contribution is 2.38. The van der Waals surface area contributed by atoms with E-state index in [1.165, 1.54) is 38.5 Å². The molecule has 7 nitrogen and oxygen atoms in total. The lowest BCUT2D eigenvalue weighted by Gasteiger charge is -2.26. The van der Waals surface area contributed by atoms with E-state index in [9.17, 15) is 4.79 Å². The van der Waals surface area contributed by atoms with Crippen LogP contribution < -0.4 is 15.4 Å². The molecule has 8 heteroatoms. The van der Waals surface area contributed by atoms with Gasteiger partial charge < -0.3 is 15.4 Å². The third kappa shape index (κ3) is 6.34. The van der Waals surface area contributed by atoms with Crippen LogP contribution in [0.25, 0.3) is 11.3 Å². The van der Waals surface area contributed by atoms with Crippen LogP contribution >= 0.6 is 11.6 Å². The molecule has 36 heavy (non-hydrogen) atoms. The van der Waals surface area contributed by atoms with Crippen LogP contribution in [0.2, 0.25) is 5.02 Å². The van der Waals surface area contributed by atoms with Crippen molar-refractivity contribution in [1.29, 1.82) is 0 Å². The minimum atomic E-state index is -0.223. The van der Waals surface area contributed by atoms with Gasteiger partial charge in [0, 0.05) is 31.9 Å². The Bertz CT molecular complexity index is 1020. The van der Waals surface area contributed by atoms with E-state index in [-0.39, 0.29) is 11.6 Å². The lowest BCUT2D eigenvalue weighted by atomic mass is 9.83. The maximum Gasteiger partial charge on any atom is 0.273 e. The summed E-state index contributed by atoms with van der Waals surface area (Å²) < 4.78 is 7.48. The van der Waals surface area contributed by atoms with Gasteiger partial charge in [-0.25, -0.2) is 4.98 Å². The van der Waals surface area contributed by atoms with Gasteiger partial charge >= 0.3 is 0 Å². The molecule has 0 saturated heterocycles. The monoisotopic (exact) mass is 515 g/mol. The predicted octanol–water partition coefficient (Wildman–Crippen LogP) is 6.42. The molecule has 0 unspecified atom stereocenters. The SMILES string of the molecule is CCn1nc(C(=O)NCC2CCC(C)CC2)c(Cl)c1-c1cnc(NCC2CCC(C)CC2)cc1OC. The fraction of sp³-hybridized carbons (Fsp3) is 0.679. The molecule has 2 heterocycles. The molecule has 2 fully saturated rings. The van der Waals surface area contributed by atoms with Gasteiger partial charge in [-0.1, -0.05) is 51.1 Å². The number of nitrogens with zero attached hydrogens (tertiary/aromatic N) is 3. The smallest absolute Gasteiger partial charge is 0.273 e. The Balaban J connectivity index is 1.47. The number of rotatable bonds is 9. The second-order valence-corrected chi connectivity index (χ2v) is 11.3. The Kier molecular flexibility index (Phi) is 9.15. The number of hydrogen-bond acceptors (Lipinski definition) is 5. The molecule has 0 spiro atoms. The normalized spacial score (nSPS) is 24.4. The number of aryl methyl sites for hydroxylation is 1. The van der Waals surface area contributed by atoms with Crippen molar-refractivity contribution in [3.63, 3.8) is 0 Å². The topological polar surface area (TPSA) is 81.1 Å². The second kappa shape index (κ2) is 12.3. The molecule has 0 aliphatic heterocycles. The van der Waals surface area contributed by atoms with Crippen molar-refractivity contribution >= 4 is 23.3 Å². The summed E-state index contributed by atoms with van der Waals surface area (Å²) in [6.07, 6.45) is 11.7. The number of ether oxygens (including phenoxy) is 1. The summed E-state index contributed by atoms with van der Waals surface area (Å²) in [5.74, 6) is 4.06. The summed E-state index contributed by atoms with van der Waals surface area (Å²) in [6, 6.07) is 1.91. The first-order chi connectivity index (χ1) is 17.4. The van der Waals surface area contributed by atoms with Gasteiger partial charge in [-0.15, -0.1) is 0 Å². The average Bonchev–Trinajstić information content (AvgIpc) is 3.23. The van der Waals surface area contributed by atoms with Crippen molar-refractivity contribution < 1.29 is 9.53 Å². The highest BCUT2D eigenvalue weighted by Gasteiger charge is 2.26. The minimum Gasteiger partial charge on any atom is -0.496 e. The number of methoxy groups -OCH3 is 1. The van der Waals surface area contributed by atoms with Crippen molar-refractivity contribution in [1.82, 2.24) is 20.1 Å². The van der Waals surface area contributed by atoms with Gasteiger partial charge in [-0.05, 0) is 56.3 Å². The zero-order chi connectivity index (χ0) is 25.7. The average molecular weight is 516 g/mol. The van der Waals surface area contributed by atoms with Crippen molar-refractivity contribution in [2.24, 2.45) is 23.7 Å². The zero-order valence-corrected chi connectivity index (χ0v) is 23.0. The minimum absolute atomic E-state index is 0.223. The van der Waals surface area contributed by atoms with E-state index in [0.29, 0.717) is 41.4 Å².